The molecule has 2 aliphatic heterocycles. The Hall–Kier alpha value is -2.48. The highest BCUT2D eigenvalue weighted by Gasteiger charge is 2.40. The molecule has 2 fully saturated rings. The van der Waals surface area contributed by atoms with Crippen molar-refractivity contribution in [2.45, 2.75) is 37.8 Å². The number of halogens is 1. The molecule has 8 heteroatoms. The lowest BCUT2D eigenvalue weighted by Crippen LogP contribution is -2.43. The summed E-state index contributed by atoms with van der Waals surface area (Å²) in [5, 5.41) is 9.89. The highest BCUT2D eigenvalue weighted by atomic mass is 19.1. The van der Waals surface area contributed by atoms with Crippen molar-refractivity contribution < 1.29 is 28.6 Å². The number of rotatable bonds is 6. The van der Waals surface area contributed by atoms with E-state index in [4.69, 9.17) is 4.74 Å². The zero-order chi connectivity index (χ0) is 19.4. The summed E-state index contributed by atoms with van der Waals surface area (Å²) in [5.41, 5.74) is 0.239. The molecule has 0 spiro atoms. The third-order valence-corrected chi connectivity index (χ3v) is 4.95. The lowest BCUT2D eigenvalue weighted by Gasteiger charge is -2.23. The maximum atomic E-state index is 13.8. The molecule has 2 atom stereocenters. The molecule has 2 unspecified atom stereocenters. The quantitative estimate of drug-likeness (QED) is 0.729. The number of nitrogens with zero attached hydrogens (tertiary/aromatic N) is 2. The van der Waals surface area contributed by atoms with Gasteiger partial charge in [-0.1, -0.05) is 18.2 Å². The van der Waals surface area contributed by atoms with Gasteiger partial charge in [-0.3, -0.25) is 9.59 Å². The molecule has 0 radical (unpaired) electrons. The predicted molar refractivity (Wildman–Crippen MR) is 93.0 cm³/mol. The molecule has 27 heavy (non-hydrogen) atoms. The first-order chi connectivity index (χ1) is 13.0. The monoisotopic (exact) mass is 378 g/mol. The van der Waals surface area contributed by atoms with Crippen LogP contribution in [0.1, 0.15) is 24.8 Å². The van der Waals surface area contributed by atoms with E-state index in [9.17, 15) is 23.9 Å². The number of aliphatic hydroxyl groups is 1. The van der Waals surface area contributed by atoms with Gasteiger partial charge in [0.15, 0.2) is 0 Å². The van der Waals surface area contributed by atoms with Gasteiger partial charge >= 0.3 is 5.97 Å². The number of hydrogen-bond donors (Lipinski definition) is 1. The Balaban J connectivity index is 1.56. The molecule has 0 bridgehead atoms. The Morgan fingerprint density at radius 1 is 1.30 bits per heavy atom. The second-order valence-corrected chi connectivity index (χ2v) is 6.87. The van der Waals surface area contributed by atoms with Gasteiger partial charge in [0.25, 0.3) is 0 Å². The predicted octanol–water partition coefficient (Wildman–Crippen LogP) is 0.496. The molecule has 3 rings (SSSR count). The van der Waals surface area contributed by atoms with Gasteiger partial charge in [-0.05, 0) is 18.1 Å². The molecule has 2 saturated heterocycles. The fourth-order valence-corrected chi connectivity index (χ4v) is 3.51. The van der Waals surface area contributed by atoms with Crippen LogP contribution in [0.3, 0.4) is 0 Å². The van der Waals surface area contributed by atoms with E-state index in [0.29, 0.717) is 19.5 Å². The molecular formula is C19H23FN2O5. The molecule has 146 valence electrons. The van der Waals surface area contributed by atoms with Gasteiger partial charge in [0, 0.05) is 25.9 Å². The van der Waals surface area contributed by atoms with Crippen molar-refractivity contribution in [2.75, 3.05) is 26.2 Å². The summed E-state index contributed by atoms with van der Waals surface area (Å²) >= 11 is 0. The van der Waals surface area contributed by atoms with Crippen molar-refractivity contribution in [1.82, 2.24) is 9.80 Å². The topological polar surface area (TPSA) is 87.2 Å². The van der Waals surface area contributed by atoms with Gasteiger partial charge in [0.2, 0.25) is 11.8 Å². The van der Waals surface area contributed by atoms with E-state index >= 15 is 0 Å². The third kappa shape index (κ3) is 4.63. The van der Waals surface area contributed by atoms with Crippen molar-refractivity contribution in [3.05, 3.63) is 35.6 Å². The number of esters is 1. The summed E-state index contributed by atoms with van der Waals surface area (Å²) < 4.78 is 19.0. The van der Waals surface area contributed by atoms with Crippen LogP contribution < -0.4 is 0 Å². The van der Waals surface area contributed by atoms with Crippen molar-refractivity contribution in [2.24, 2.45) is 0 Å². The Bertz CT molecular complexity index is 726. The van der Waals surface area contributed by atoms with Crippen LogP contribution in [0.5, 0.6) is 0 Å². The number of hydrogen-bond acceptors (Lipinski definition) is 5. The van der Waals surface area contributed by atoms with Crippen LogP contribution in [-0.4, -0.2) is 71.1 Å². The molecule has 1 N–H and O–H groups in total. The summed E-state index contributed by atoms with van der Waals surface area (Å²) in [4.78, 5) is 39.4. The Labute approximate surface area is 156 Å². The summed E-state index contributed by atoms with van der Waals surface area (Å²) in [5.74, 6) is -1.49. The molecule has 2 aliphatic rings. The number of β-amino-alcohol motifs (C(OH)–C–C–N with tert-alkyl or cyclic N) is 1. The molecule has 0 aliphatic carbocycles. The van der Waals surface area contributed by atoms with E-state index in [1.807, 2.05) is 0 Å². The molecule has 7 nitrogen and oxygen atoms in total. The lowest BCUT2D eigenvalue weighted by molar-refractivity contribution is -0.154. The van der Waals surface area contributed by atoms with E-state index in [1.165, 1.54) is 23.1 Å². The Morgan fingerprint density at radius 3 is 2.78 bits per heavy atom. The first-order valence-corrected chi connectivity index (χ1v) is 9.11. The number of amides is 2. The van der Waals surface area contributed by atoms with Crippen LogP contribution in [0.4, 0.5) is 4.39 Å². The smallest absolute Gasteiger partial charge is 0.329 e. The number of aliphatic hydroxyl groups excluding tert-OH is 1. The number of carbonyl (C=O) groups is 3. The van der Waals surface area contributed by atoms with Crippen LogP contribution in [0.2, 0.25) is 0 Å². The van der Waals surface area contributed by atoms with E-state index in [-0.39, 0.29) is 37.5 Å². The molecule has 1 aromatic carbocycles. The SMILES string of the molecule is O=C(OCCN1CCCC1=O)C1CC(O)CN1C(=O)Cc1ccccc1F. The highest BCUT2D eigenvalue weighted by molar-refractivity contribution is 5.86. The highest BCUT2D eigenvalue weighted by Crippen LogP contribution is 2.21. The van der Waals surface area contributed by atoms with Gasteiger partial charge in [0.05, 0.1) is 19.1 Å². The normalized spacial score (nSPS) is 22.4. The molecule has 0 aromatic heterocycles. The molecule has 2 amide bonds. The number of carbonyl (C=O) groups excluding carboxylic acids is 3. The zero-order valence-electron chi connectivity index (χ0n) is 15.0. The largest absolute Gasteiger partial charge is 0.462 e. The first-order valence-electron chi connectivity index (χ1n) is 9.11. The summed E-state index contributed by atoms with van der Waals surface area (Å²) in [6, 6.07) is 5.06. The van der Waals surface area contributed by atoms with E-state index < -0.39 is 29.8 Å². The van der Waals surface area contributed by atoms with Crippen LogP contribution in [0.25, 0.3) is 0 Å². The number of ether oxygens (including phenoxy) is 1. The minimum absolute atomic E-state index is 0.0116. The molecular weight excluding hydrogens is 355 g/mol. The maximum absolute atomic E-state index is 13.8. The second-order valence-electron chi connectivity index (χ2n) is 6.87. The lowest BCUT2D eigenvalue weighted by atomic mass is 10.1. The minimum atomic E-state index is -0.895. The van der Waals surface area contributed by atoms with Gasteiger partial charge in [0.1, 0.15) is 18.5 Å². The second kappa shape index (κ2) is 8.47. The number of benzene rings is 1. The van der Waals surface area contributed by atoms with Crippen molar-refractivity contribution in [3.8, 4) is 0 Å². The fraction of sp³-hybridized carbons (Fsp3) is 0.526. The van der Waals surface area contributed by atoms with Crippen LogP contribution >= 0.6 is 0 Å². The standard InChI is InChI=1S/C19H23FN2O5/c20-15-5-2-1-4-13(15)10-18(25)22-12-14(23)11-16(22)19(26)27-9-8-21-7-3-6-17(21)24/h1-2,4-5,14,16,23H,3,6-12H2. The minimum Gasteiger partial charge on any atom is -0.462 e. The van der Waals surface area contributed by atoms with Gasteiger partial charge in [-0.15, -0.1) is 0 Å². The van der Waals surface area contributed by atoms with E-state index in [0.717, 1.165) is 6.42 Å². The summed E-state index contributed by atoms with van der Waals surface area (Å²) in [7, 11) is 0. The fourth-order valence-electron chi connectivity index (χ4n) is 3.51. The molecule has 1 aromatic rings. The van der Waals surface area contributed by atoms with Crippen LogP contribution in [-0.2, 0) is 25.5 Å². The van der Waals surface area contributed by atoms with Crippen molar-refractivity contribution >= 4 is 17.8 Å². The Kier molecular flexibility index (Phi) is 6.05. The van der Waals surface area contributed by atoms with E-state index in [2.05, 4.69) is 0 Å². The van der Waals surface area contributed by atoms with Gasteiger partial charge in [-0.25, -0.2) is 9.18 Å². The summed E-state index contributed by atoms with van der Waals surface area (Å²) in [6.07, 6.45) is 0.393. The van der Waals surface area contributed by atoms with Gasteiger partial charge < -0.3 is 19.6 Å². The molecule has 0 saturated carbocycles. The van der Waals surface area contributed by atoms with Crippen molar-refractivity contribution in [3.63, 3.8) is 0 Å². The van der Waals surface area contributed by atoms with Crippen molar-refractivity contribution in [1.29, 1.82) is 0 Å². The van der Waals surface area contributed by atoms with E-state index in [1.54, 1.807) is 11.0 Å². The average Bonchev–Trinajstić information content (AvgIpc) is 3.23. The Morgan fingerprint density at radius 2 is 2.07 bits per heavy atom. The average molecular weight is 378 g/mol. The van der Waals surface area contributed by atoms with Gasteiger partial charge in [-0.2, -0.15) is 0 Å². The third-order valence-electron chi connectivity index (χ3n) is 4.95. The molecule has 2 heterocycles. The number of likely N-dealkylation sites (tertiary alicyclic amines) is 2. The van der Waals surface area contributed by atoms with Crippen LogP contribution in [0.15, 0.2) is 24.3 Å². The summed E-state index contributed by atoms with van der Waals surface area (Å²) in [6.45, 7) is 1.04. The van der Waals surface area contributed by atoms with Crippen LogP contribution in [0, 0.1) is 5.82 Å². The maximum Gasteiger partial charge on any atom is 0.329 e. The first kappa shape index (κ1) is 19.3. The zero-order valence-corrected chi connectivity index (χ0v) is 15.0.